The van der Waals surface area contributed by atoms with Gasteiger partial charge < -0.3 is 14.4 Å². The largest absolute Gasteiger partial charge is 0.489 e. The molecule has 0 amide bonds. The lowest BCUT2D eigenvalue weighted by atomic mass is 10.2. The van der Waals surface area contributed by atoms with Crippen molar-refractivity contribution in [2.75, 3.05) is 6.61 Å². The third-order valence-electron chi connectivity index (χ3n) is 2.35. The van der Waals surface area contributed by atoms with Crippen LogP contribution in [0.4, 0.5) is 0 Å². The van der Waals surface area contributed by atoms with Crippen molar-refractivity contribution in [3.8, 4) is 5.75 Å². The fourth-order valence-electron chi connectivity index (χ4n) is 1.50. The number of aromatic nitrogens is 2. The Hall–Kier alpha value is -2.01. The molecule has 18 heavy (non-hydrogen) atoms. The second-order valence-electron chi connectivity index (χ2n) is 3.57. The van der Waals surface area contributed by atoms with Crippen LogP contribution in [0.25, 0.3) is 0 Å². The number of para-hydroxylation sites is 1. The van der Waals surface area contributed by atoms with Crippen molar-refractivity contribution in [3.63, 3.8) is 0 Å². The summed E-state index contributed by atoms with van der Waals surface area (Å²) in [7, 11) is 0. The average molecular weight is 267 g/mol. The number of carboxylic acids is 1. The Balaban J connectivity index is 2.06. The Morgan fingerprint density at radius 3 is 3.00 bits per heavy atom. The molecule has 6 heteroatoms. The SMILES string of the molecule is O=C(O)c1cccc(Cl)c1OCCn1ccnc1. The Morgan fingerprint density at radius 1 is 1.50 bits per heavy atom. The summed E-state index contributed by atoms with van der Waals surface area (Å²) in [4.78, 5) is 14.9. The molecule has 0 unspecified atom stereocenters. The monoisotopic (exact) mass is 266 g/mol. The van der Waals surface area contributed by atoms with Gasteiger partial charge in [-0.2, -0.15) is 0 Å². The van der Waals surface area contributed by atoms with E-state index in [-0.39, 0.29) is 11.3 Å². The number of hydrogen-bond acceptors (Lipinski definition) is 3. The van der Waals surface area contributed by atoms with Gasteiger partial charge in [-0.05, 0) is 12.1 Å². The number of ether oxygens (including phenoxy) is 1. The van der Waals surface area contributed by atoms with Gasteiger partial charge in [0, 0.05) is 12.4 Å². The summed E-state index contributed by atoms with van der Waals surface area (Å²) in [5.74, 6) is -0.859. The van der Waals surface area contributed by atoms with E-state index in [9.17, 15) is 4.79 Å². The first-order valence-electron chi connectivity index (χ1n) is 5.29. The van der Waals surface area contributed by atoms with Crippen LogP contribution in [0.3, 0.4) is 0 Å². The number of halogens is 1. The maximum absolute atomic E-state index is 11.0. The van der Waals surface area contributed by atoms with Crippen molar-refractivity contribution >= 4 is 17.6 Å². The molecule has 1 aromatic heterocycles. The van der Waals surface area contributed by atoms with Crippen LogP contribution in [0.2, 0.25) is 5.02 Å². The van der Waals surface area contributed by atoms with Crippen LogP contribution in [-0.2, 0) is 6.54 Å². The van der Waals surface area contributed by atoms with Gasteiger partial charge in [0.25, 0.3) is 0 Å². The molecule has 1 aromatic carbocycles. The van der Waals surface area contributed by atoms with Crippen molar-refractivity contribution in [1.82, 2.24) is 9.55 Å². The number of imidazole rings is 1. The molecule has 0 aliphatic heterocycles. The van der Waals surface area contributed by atoms with Crippen molar-refractivity contribution in [1.29, 1.82) is 0 Å². The first-order chi connectivity index (χ1) is 8.68. The minimum absolute atomic E-state index is 0.0631. The van der Waals surface area contributed by atoms with Crippen LogP contribution in [0, 0.1) is 0 Å². The van der Waals surface area contributed by atoms with E-state index < -0.39 is 5.97 Å². The lowest BCUT2D eigenvalue weighted by Crippen LogP contribution is -2.09. The van der Waals surface area contributed by atoms with Crippen molar-refractivity contribution in [3.05, 3.63) is 47.5 Å². The van der Waals surface area contributed by atoms with Crippen LogP contribution in [0.5, 0.6) is 5.75 Å². The zero-order valence-corrected chi connectivity index (χ0v) is 10.2. The highest BCUT2D eigenvalue weighted by Crippen LogP contribution is 2.28. The minimum Gasteiger partial charge on any atom is -0.489 e. The summed E-state index contributed by atoms with van der Waals surface area (Å²) in [6, 6.07) is 4.63. The van der Waals surface area contributed by atoms with Gasteiger partial charge in [-0.1, -0.05) is 17.7 Å². The highest BCUT2D eigenvalue weighted by atomic mass is 35.5. The number of nitrogens with zero attached hydrogens (tertiary/aromatic N) is 2. The zero-order chi connectivity index (χ0) is 13.0. The third-order valence-corrected chi connectivity index (χ3v) is 2.65. The van der Waals surface area contributed by atoms with E-state index in [1.165, 1.54) is 6.07 Å². The summed E-state index contributed by atoms with van der Waals surface area (Å²) in [5.41, 5.74) is 0.0631. The molecule has 0 bridgehead atoms. The summed E-state index contributed by atoms with van der Waals surface area (Å²) in [5, 5.41) is 9.31. The molecule has 0 spiro atoms. The maximum Gasteiger partial charge on any atom is 0.339 e. The molecule has 0 radical (unpaired) electrons. The van der Waals surface area contributed by atoms with Crippen molar-refractivity contribution in [2.45, 2.75) is 6.54 Å². The Morgan fingerprint density at radius 2 is 2.33 bits per heavy atom. The van der Waals surface area contributed by atoms with Gasteiger partial charge in [0.15, 0.2) is 5.75 Å². The molecule has 0 saturated heterocycles. The van der Waals surface area contributed by atoms with Gasteiger partial charge in [-0.3, -0.25) is 0 Å². The van der Waals surface area contributed by atoms with Crippen molar-refractivity contribution in [2.24, 2.45) is 0 Å². The van der Waals surface area contributed by atoms with Crippen LogP contribution < -0.4 is 4.74 Å². The van der Waals surface area contributed by atoms with Crippen LogP contribution in [0.15, 0.2) is 36.9 Å². The number of aromatic carboxylic acids is 1. The number of carbonyl (C=O) groups is 1. The zero-order valence-electron chi connectivity index (χ0n) is 9.41. The number of carboxylic acid groups (broad SMARTS) is 1. The molecule has 94 valence electrons. The molecule has 0 aliphatic rings. The summed E-state index contributed by atoms with van der Waals surface area (Å²) in [6.07, 6.45) is 5.13. The smallest absolute Gasteiger partial charge is 0.339 e. The number of benzene rings is 1. The van der Waals surface area contributed by atoms with E-state index in [1.807, 2.05) is 4.57 Å². The summed E-state index contributed by atoms with van der Waals surface area (Å²) in [6.45, 7) is 0.894. The van der Waals surface area contributed by atoms with E-state index in [1.54, 1.807) is 30.9 Å². The Bertz CT molecular complexity index is 540. The second-order valence-corrected chi connectivity index (χ2v) is 3.98. The van der Waals surface area contributed by atoms with Gasteiger partial charge in [0.05, 0.1) is 17.9 Å². The molecule has 0 aliphatic carbocycles. The molecule has 2 aromatic rings. The molecule has 5 nitrogen and oxygen atoms in total. The topological polar surface area (TPSA) is 64.3 Å². The molecule has 1 heterocycles. The Kier molecular flexibility index (Phi) is 3.84. The van der Waals surface area contributed by atoms with Gasteiger partial charge in [0.1, 0.15) is 12.2 Å². The van der Waals surface area contributed by atoms with E-state index in [0.29, 0.717) is 18.2 Å². The van der Waals surface area contributed by atoms with Gasteiger partial charge in [0.2, 0.25) is 0 Å². The molecule has 2 rings (SSSR count). The third kappa shape index (κ3) is 2.81. The number of hydrogen-bond donors (Lipinski definition) is 1. The lowest BCUT2D eigenvalue weighted by Gasteiger charge is -2.10. The first kappa shape index (κ1) is 12.4. The number of rotatable bonds is 5. The quantitative estimate of drug-likeness (QED) is 0.902. The standard InChI is InChI=1S/C12H11ClN2O3/c13-10-3-1-2-9(12(16)17)11(10)18-7-6-15-5-4-14-8-15/h1-5,8H,6-7H2,(H,16,17). The van der Waals surface area contributed by atoms with Crippen molar-refractivity contribution < 1.29 is 14.6 Å². The molecule has 0 atom stereocenters. The second kappa shape index (κ2) is 5.55. The van der Waals surface area contributed by atoms with Crippen LogP contribution >= 0.6 is 11.6 Å². The summed E-state index contributed by atoms with van der Waals surface area (Å²) < 4.78 is 7.27. The fraction of sp³-hybridized carbons (Fsp3) is 0.167. The van der Waals surface area contributed by atoms with Crippen LogP contribution in [0.1, 0.15) is 10.4 Å². The lowest BCUT2D eigenvalue weighted by molar-refractivity contribution is 0.0692. The van der Waals surface area contributed by atoms with Crippen LogP contribution in [-0.4, -0.2) is 27.2 Å². The predicted octanol–water partition coefficient (Wildman–Crippen LogP) is 2.31. The minimum atomic E-state index is -1.06. The molecule has 0 fully saturated rings. The Labute approximate surface area is 109 Å². The normalized spacial score (nSPS) is 10.3. The van der Waals surface area contributed by atoms with E-state index in [2.05, 4.69) is 4.98 Å². The maximum atomic E-state index is 11.0. The van der Waals surface area contributed by atoms with E-state index >= 15 is 0 Å². The predicted molar refractivity (Wildman–Crippen MR) is 66.1 cm³/mol. The molecular formula is C12H11ClN2O3. The average Bonchev–Trinajstić information content (AvgIpc) is 2.84. The van der Waals surface area contributed by atoms with Gasteiger partial charge in [-0.15, -0.1) is 0 Å². The first-order valence-corrected chi connectivity index (χ1v) is 5.66. The fourth-order valence-corrected chi connectivity index (χ4v) is 1.73. The highest BCUT2D eigenvalue weighted by molar-refractivity contribution is 6.32. The summed E-state index contributed by atoms with van der Waals surface area (Å²) >= 11 is 5.93. The highest BCUT2D eigenvalue weighted by Gasteiger charge is 2.14. The van der Waals surface area contributed by atoms with Gasteiger partial charge >= 0.3 is 5.97 Å². The van der Waals surface area contributed by atoms with Gasteiger partial charge in [-0.25, -0.2) is 9.78 Å². The van der Waals surface area contributed by atoms with E-state index in [4.69, 9.17) is 21.4 Å². The molecular weight excluding hydrogens is 256 g/mol. The molecule has 1 N–H and O–H groups in total. The van der Waals surface area contributed by atoms with E-state index in [0.717, 1.165) is 0 Å². The molecule has 0 saturated carbocycles.